The fourth-order valence-corrected chi connectivity index (χ4v) is 4.26. The van der Waals surface area contributed by atoms with Gasteiger partial charge in [-0.25, -0.2) is 4.98 Å². The number of pyridine rings is 1. The van der Waals surface area contributed by atoms with Gasteiger partial charge in [-0.05, 0) is 41.3 Å². The fraction of sp³-hybridized carbons (Fsp3) is 0.0833. The van der Waals surface area contributed by atoms with E-state index in [1.165, 1.54) is 0 Å². The van der Waals surface area contributed by atoms with Gasteiger partial charge in [-0.2, -0.15) is 0 Å². The highest BCUT2D eigenvalue weighted by atomic mass is 79.9. The van der Waals surface area contributed by atoms with Crippen LogP contribution in [0.1, 0.15) is 33.2 Å². The lowest BCUT2D eigenvalue weighted by atomic mass is 9.89. The van der Waals surface area contributed by atoms with Crippen molar-refractivity contribution in [2.24, 2.45) is 0 Å². The van der Waals surface area contributed by atoms with Crippen molar-refractivity contribution in [3.63, 3.8) is 0 Å². The number of para-hydroxylation sites is 1. The highest BCUT2D eigenvalue weighted by molar-refractivity contribution is 9.10. The van der Waals surface area contributed by atoms with Crippen molar-refractivity contribution in [1.82, 2.24) is 10.3 Å². The van der Waals surface area contributed by atoms with Crippen LogP contribution >= 0.6 is 15.9 Å². The fourth-order valence-electron chi connectivity index (χ4n) is 3.99. The van der Waals surface area contributed by atoms with Crippen molar-refractivity contribution in [3.8, 4) is 11.1 Å². The maximum Gasteiger partial charge on any atom is 0.271 e. The van der Waals surface area contributed by atoms with Crippen LogP contribution in [0.2, 0.25) is 0 Å². The smallest absolute Gasteiger partial charge is 0.271 e. The van der Waals surface area contributed by atoms with Crippen molar-refractivity contribution in [1.29, 1.82) is 0 Å². The molecule has 4 aromatic rings. The summed E-state index contributed by atoms with van der Waals surface area (Å²) >= 11 is 3.49. The van der Waals surface area contributed by atoms with Crippen LogP contribution in [-0.4, -0.2) is 10.9 Å². The number of halogens is 1. The summed E-state index contributed by atoms with van der Waals surface area (Å²) in [5.41, 5.74) is 6.64. The van der Waals surface area contributed by atoms with Crippen molar-refractivity contribution in [2.45, 2.75) is 13.0 Å². The summed E-state index contributed by atoms with van der Waals surface area (Å²) in [5.74, 6) is -0.120. The zero-order valence-corrected chi connectivity index (χ0v) is 16.8. The predicted molar refractivity (Wildman–Crippen MR) is 115 cm³/mol. The number of carbonyl (C=O) groups is 1. The van der Waals surface area contributed by atoms with Crippen LogP contribution in [0.3, 0.4) is 0 Å². The number of nitrogens with zero attached hydrogens (tertiary/aromatic N) is 1. The molecule has 28 heavy (non-hydrogen) atoms. The number of amides is 1. The highest BCUT2D eigenvalue weighted by Crippen LogP contribution is 2.42. The van der Waals surface area contributed by atoms with Crippen molar-refractivity contribution >= 4 is 32.7 Å². The van der Waals surface area contributed by atoms with E-state index in [9.17, 15) is 4.79 Å². The Labute approximate surface area is 171 Å². The zero-order chi connectivity index (χ0) is 19.3. The maximum atomic E-state index is 12.9. The van der Waals surface area contributed by atoms with Gasteiger partial charge in [0.1, 0.15) is 5.69 Å². The van der Waals surface area contributed by atoms with Crippen LogP contribution in [0, 0.1) is 6.92 Å². The Bertz CT molecular complexity index is 1220. The molecule has 2 heterocycles. The van der Waals surface area contributed by atoms with Crippen LogP contribution in [0.25, 0.3) is 22.0 Å². The van der Waals surface area contributed by atoms with E-state index in [-0.39, 0.29) is 11.9 Å². The molecule has 0 spiro atoms. The topological polar surface area (TPSA) is 42.0 Å². The van der Waals surface area contributed by atoms with E-state index in [4.69, 9.17) is 4.98 Å². The summed E-state index contributed by atoms with van der Waals surface area (Å²) in [6.45, 7) is 2.04. The van der Waals surface area contributed by atoms with Crippen LogP contribution in [0.4, 0.5) is 0 Å². The maximum absolute atomic E-state index is 12.9. The molecule has 1 aliphatic rings. The average molecular weight is 429 g/mol. The van der Waals surface area contributed by atoms with Gasteiger partial charge in [0.05, 0.1) is 11.6 Å². The van der Waals surface area contributed by atoms with Crippen LogP contribution in [-0.2, 0) is 0 Å². The largest absolute Gasteiger partial charge is 0.340 e. The minimum Gasteiger partial charge on any atom is -0.340 e. The van der Waals surface area contributed by atoms with Gasteiger partial charge in [0, 0.05) is 15.4 Å². The molecule has 136 valence electrons. The number of nitrogens with one attached hydrogen (secondary N) is 1. The lowest BCUT2D eigenvalue weighted by Gasteiger charge is -2.18. The number of aromatic nitrogens is 1. The number of aryl methyl sites for hydroxylation is 1. The van der Waals surface area contributed by atoms with E-state index in [2.05, 4.69) is 45.5 Å². The molecule has 1 atom stereocenters. The van der Waals surface area contributed by atoms with E-state index in [1.807, 2.05) is 55.5 Å². The highest BCUT2D eigenvalue weighted by Gasteiger charge is 2.35. The van der Waals surface area contributed by atoms with Crippen molar-refractivity contribution in [2.75, 3.05) is 0 Å². The van der Waals surface area contributed by atoms with Gasteiger partial charge in [0.25, 0.3) is 5.91 Å². The number of hydrogen-bond acceptors (Lipinski definition) is 2. The third kappa shape index (κ3) is 2.64. The molecule has 3 aromatic carbocycles. The van der Waals surface area contributed by atoms with E-state index < -0.39 is 0 Å². The molecule has 0 saturated carbocycles. The van der Waals surface area contributed by atoms with Gasteiger partial charge >= 0.3 is 0 Å². The molecule has 1 aliphatic heterocycles. The standard InChI is InChI=1S/C24H17BrN2O/c1-14-6-5-9-18-19(15-7-3-2-4-8-15)20-22(16-10-12-17(25)13-11-16)27-24(28)23(20)26-21(14)18/h2-13,22H,1H3,(H,27,28)/t22-/m0/s1. The first-order valence-electron chi connectivity index (χ1n) is 9.18. The molecule has 0 fully saturated rings. The number of carbonyl (C=O) groups excluding carboxylic acids is 1. The van der Waals surface area contributed by atoms with Crippen LogP contribution in [0.5, 0.6) is 0 Å². The predicted octanol–water partition coefficient (Wildman–Crippen LogP) is 5.81. The van der Waals surface area contributed by atoms with Gasteiger partial charge in [-0.1, -0.05) is 76.6 Å². The first-order valence-corrected chi connectivity index (χ1v) is 9.98. The summed E-state index contributed by atoms with van der Waals surface area (Å²) in [4.78, 5) is 17.7. The lowest BCUT2D eigenvalue weighted by Crippen LogP contribution is -2.20. The Kier molecular flexibility index (Phi) is 4.02. The molecule has 0 saturated heterocycles. The van der Waals surface area contributed by atoms with Gasteiger partial charge in [-0.3, -0.25) is 4.79 Å². The van der Waals surface area contributed by atoms with Gasteiger partial charge in [0.2, 0.25) is 0 Å². The minimum atomic E-state index is -0.219. The number of hydrogen-bond donors (Lipinski definition) is 1. The number of benzene rings is 3. The molecule has 0 unspecified atom stereocenters. The molecule has 0 bridgehead atoms. The van der Waals surface area contributed by atoms with E-state index in [0.717, 1.165) is 43.2 Å². The molecule has 0 aliphatic carbocycles. The van der Waals surface area contributed by atoms with E-state index in [0.29, 0.717) is 5.69 Å². The second kappa shape index (κ2) is 6.57. The Morgan fingerprint density at radius 2 is 1.68 bits per heavy atom. The summed E-state index contributed by atoms with van der Waals surface area (Å²) in [6.07, 6.45) is 0. The second-order valence-corrected chi connectivity index (χ2v) is 7.96. The van der Waals surface area contributed by atoms with Crippen molar-refractivity contribution < 1.29 is 4.79 Å². The second-order valence-electron chi connectivity index (χ2n) is 7.04. The van der Waals surface area contributed by atoms with Crippen LogP contribution in [0.15, 0.2) is 77.3 Å². The Morgan fingerprint density at radius 3 is 2.43 bits per heavy atom. The van der Waals surface area contributed by atoms with E-state index in [1.54, 1.807) is 0 Å². The molecular weight excluding hydrogens is 412 g/mol. The van der Waals surface area contributed by atoms with Gasteiger partial charge in [-0.15, -0.1) is 0 Å². The summed E-state index contributed by atoms with van der Waals surface area (Å²) in [7, 11) is 0. The molecular formula is C24H17BrN2O. The molecule has 1 amide bonds. The van der Waals surface area contributed by atoms with E-state index >= 15 is 0 Å². The van der Waals surface area contributed by atoms with Gasteiger partial charge < -0.3 is 5.32 Å². The minimum absolute atomic E-state index is 0.120. The Morgan fingerprint density at radius 1 is 0.929 bits per heavy atom. The first kappa shape index (κ1) is 17.1. The number of fused-ring (bicyclic) bond motifs is 2. The SMILES string of the molecule is Cc1cccc2c(-c3ccccc3)c3c(nc12)C(=O)N[C@H]3c1ccc(Br)cc1. The first-order chi connectivity index (χ1) is 13.6. The lowest BCUT2D eigenvalue weighted by molar-refractivity contribution is 0.0956. The molecule has 0 radical (unpaired) electrons. The molecule has 1 aromatic heterocycles. The quantitative estimate of drug-likeness (QED) is 0.437. The number of rotatable bonds is 2. The zero-order valence-electron chi connectivity index (χ0n) is 15.2. The third-order valence-electron chi connectivity index (χ3n) is 5.30. The Balaban J connectivity index is 1.88. The molecule has 5 rings (SSSR count). The summed E-state index contributed by atoms with van der Waals surface area (Å²) < 4.78 is 1.01. The average Bonchev–Trinajstić information content (AvgIpc) is 3.04. The molecule has 1 N–H and O–H groups in total. The monoisotopic (exact) mass is 428 g/mol. The summed E-state index contributed by atoms with van der Waals surface area (Å²) in [5, 5.41) is 4.22. The third-order valence-corrected chi connectivity index (χ3v) is 5.83. The van der Waals surface area contributed by atoms with Crippen LogP contribution < -0.4 is 5.32 Å². The van der Waals surface area contributed by atoms with Crippen molar-refractivity contribution in [3.05, 3.63) is 99.7 Å². The van der Waals surface area contributed by atoms with Gasteiger partial charge in [0.15, 0.2) is 0 Å². The Hall–Kier alpha value is -2.98. The molecule has 4 heteroatoms. The molecule has 3 nitrogen and oxygen atoms in total. The summed E-state index contributed by atoms with van der Waals surface area (Å²) in [6, 6.07) is 24.3. The normalized spacial score (nSPS) is 15.5.